The summed E-state index contributed by atoms with van der Waals surface area (Å²) in [6.45, 7) is 12.8. The van der Waals surface area contributed by atoms with Crippen molar-refractivity contribution in [1.29, 1.82) is 0 Å². The fraction of sp³-hybridized carbons (Fsp3) is 0.235. The Hall–Kier alpha value is -2.24. The summed E-state index contributed by atoms with van der Waals surface area (Å²) in [6.07, 6.45) is 11.6. The van der Waals surface area contributed by atoms with E-state index in [-0.39, 0.29) is 23.9 Å². The van der Waals surface area contributed by atoms with E-state index in [4.69, 9.17) is 49.7 Å². The maximum Gasteiger partial charge on any atom is 2.00 e. The first-order valence-electron chi connectivity index (χ1n) is 13.8. The molecule has 4 aromatic rings. The van der Waals surface area contributed by atoms with Crippen LogP contribution in [0.25, 0.3) is 0 Å². The van der Waals surface area contributed by atoms with E-state index in [1.165, 1.54) is 24.0 Å². The van der Waals surface area contributed by atoms with Gasteiger partial charge in [0.2, 0.25) is 0 Å². The molecule has 0 amide bonds. The van der Waals surface area contributed by atoms with E-state index < -0.39 is 0 Å². The van der Waals surface area contributed by atoms with Crippen LogP contribution in [0, 0.1) is 13.8 Å². The fourth-order valence-corrected chi connectivity index (χ4v) is 3.76. The molecule has 4 radical (unpaired) electrons. The molecular formula is C34H40N4S4Sn. The summed E-state index contributed by atoms with van der Waals surface area (Å²) in [5.74, 6) is 0. The number of thiocarbonyl (C=S) groups is 2. The van der Waals surface area contributed by atoms with E-state index in [0.29, 0.717) is 21.7 Å². The molecule has 9 heteroatoms. The maximum absolute atomic E-state index is 5.11. The van der Waals surface area contributed by atoms with E-state index in [0.717, 1.165) is 24.2 Å². The average molecular weight is 752 g/mol. The molecular weight excluding hydrogens is 711 g/mol. The zero-order valence-corrected chi connectivity index (χ0v) is 31.1. The number of anilines is 2. The third-order valence-corrected chi connectivity index (χ3v) is 6.31. The van der Waals surface area contributed by atoms with Crippen LogP contribution in [0.15, 0.2) is 110 Å². The molecule has 0 N–H and O–H groups in total. The molecule has 0 unspecified atom stereocenters. The Morgan fingerprint density at radius 2 is 0.953 bits per heavy atom. The smallest absolute Gasteiger partial charge is 0.411 e. The topological polar surface area (TPSA) is 32.3 Å². The molecule has 0 saturated heterocycles. The summed E-state index contributed by atoms with van der Waals surface area (Å²) < 4.78 is 0.865. The second-order valence-corrected chi connectivity index (χ2v) is 10.9. The largest absolute Gasteiger partial charge is 2.00 e. The van der Waals surface area contributed by atoms with Crippen molar-refractivity contribution >= 4 is 93.6 Å². The summed E-state index contributed by atoms with van der Waals surface area (Å²) in [4.78, 5) is 12.0. The summed E-state index contributed by atoms with van der Waals surface area (Å²) in [5.41, 5.74) is 4.19. The Morgan fingerprint density at radius 3 is 1.19 bits per heavy atom. The van der Waals surface area contributed by atoms with Crippen LogP contribution in [-0.4, -0.2) is 42.5 Å². The number of benzene rings is 2. The first-order valence-corrected chi connectivity index (χ1v) is 15.4. The molecule has 0 aliphatic heterocycles. The van der Waals surface area contributed by atoms with E-state index in [1.54, 1.807) is 24.8 Å². The Bertz CT molecular complexity index is 1130. The van der Waals surface area contributed by atoms with E-state index in [9.17, 15) is 0 Å². The van der Waals surface area contributed by atoms with Crippen LogP contribution in [0.2, 0.25) is 0 Å². The van der Waals surface area contributed by atoms with Crippen LogP contribution >= 0.6 is 24.4 Å². The van der Waals surface area contributed by atoms with Gasteiger partial charge in [-0.1, -0.05) is 123 Å². The summed E-state index contributed by atoms with van der Waals surface area (Å²) in [7, 11) is 0. The van der Waals surface area contributed by atoms with Gasteiger partial charge in [0.25, 0.3) is 0 Å². The van der Waals surface area contributed by atoms with E-state index in [1.807, 2.05) is 70.5 Å². The van der Waals surface area contributed by atoms with Gasteiger partial charge in [0.05, 0.1) is 23.8 Å². The Kier molecular flexibility index (Phi) is 24.8. The third kappa shape index (κ3) is 18.2. The van der Waals surface area contributed by atoms with Crippen molar-refractivity contribution in [2.75, 3.05) is 9.80 Å². The van der Waals surface area contributed by atoms with Gasteiger partial charge in [0, 0.05) is 25.5 Å². The van der Waals surface area contributed by atoms with Crippen molar-refractivity contribution in [3.05, 3.63) is 135 Å². The van der Waals surface area contributed by atoms with E-state index >= 15 is 0 Å². The first-order chi connectivity index (χ1) is 20.4. The minimum atomic E-state index is 0. The fourth-order valence-electron chi connectivity index (χ4n) is 3.08. The van der Waals surface area contributed by atoms with Crippen LogP contribution < -0.4 is 9.80 Å². The molecule has 2 aromatic heterocycles. The molecule has 0 aliphatic rings. The van der Waals surface area contributed by atoms with Gasteiger partial charge in [-0.3, -0.25) is 9.97 Å². The van der Waals surface area contributed by atoms with E-state index in [2.05, 4.69) is 61.9 Å². The summed E-state index contributed by atoms with van der Waals surface area (Å²) >= 11 is 20.4. The molecule has 43 heavy (non-hydrogen) atoms. The number of unbranched alkanes of at least 4 members (excludes halogenated alkanes) is 2. The van der Waals surface area contributed by atoms with Gasteiger partial charge < -0.3 is 59.5 Å². The predicted octanol–water partition coefficient (Wildman–Crippen LogP) is 8.70. The second-order valence-electron chi connectivity index (χ2n) is 8.80. The molecule has 4 rings (SSSR count). The van der Waals surface area contributed by atoms with Crippen LogP contribution in [0.3, 0.4) is 0 Å². The Balaban J connectivity index is 0.000000646. The van der Waals surface area contributed by atoms with Gasteiger partial charge >= 0.3 is 23.9 Å². The maximum atomic E-state index is 5.11. The van der Waals surface area contributed by atoms with Gasteiger partial charge in [-0.05, 0) is 35.4 Å². The zero-order chi connectivity index (χ0) is 31.0. The standard InChI is InChI=1S/2C13H12N2S2.2C4H9.Sn/c2*16-13(17)15(12-7-4-8-14-9-12)10-11-5-2-1-3-6-11;2*1-3-4-2;/h2*1-9H,10H2,(H,16,17);2*1,3-4H2,2H3;/q;;;;+2/p-2. The molecule has 0 bridgehead atoms. The minimum Gasteiger partial charge on any atom is -0.411 e. The molecule has 0 aliphatic carbocycles. The molecule has 2 aromatic carbocycles. The van der Waals surface area contributed by atoms with Crippen molar-refractivity contribution in [2.24, 2.45) is 0 Å². The molecule has 0 atom stereocenters. The number of hydrogen-bond acceptors (Lipinski definition) is 6. The van der Waals surface area contributed by atoms with Crippen molar-refractivity contribution in [3.8, 4) is 0 Å². The van der Waals surface area contributed by atoms with Gasteiger partial charge in [-0.15, -0.1) is 0 Å². The number of rotatable bonds is 8. The Labute approximate surface area is 298 Å². The van der Waals surface area contributed by atoms with Gasteiger partial charge in [0.15, 0.2) is 0 Å². The van der Waals surface area contributed by atoms with Gasteiger partial charge in [0.1, 0.15) is 0 Å². The van der Waals surface area contributed by atoms with Crippen LogP contribution in [-0.2, 0) is 38.3 Å². The van der Waals surface area contributed by atoms with Crippen molar-refractivity contribution in [3.63, 3.8) is 0 Å². The predicted molar refractivity (Wildman–Crippen MR) is 200 cm³/mol. The normalized spacial score (nSPS) is 9.21. The molecule has 0 spiro atoms. The molecule has 4 nitrogen and oxygen atoms in total. The number of aromatic nitrogens is 2. The molecule has 224 valence electrons. The third-order valence-electron chi connectivity index (χ3n) is 5.43. The van der Waals surface area contributed by atoms with Crippen molar-refractivity contribution in [1.82, 2.24) is 9.97 Å². The Morgan fingerprint density at radius 1 is 0.628 bits per heavy atom. The molecule has 0 fully saturated rings. The van der Waals surface area contributed by atoms with Crippen LogP contribution in [0.1, 0.15) is 50.7 Å². The SMILES string of the molecule is S=C([S-])N(Cc1ccccc1)c1cccnc1.S=C([S-])N(Cc1ccccc1)c1cccnc1.[CH2]CCC.[CH2]CCC.[Sn+2]. The van der Waals surface area contributed by atoms with Crippen molar-refractivity contribution < 1.29 is 0 Å². The number of pyridine rings is 2. The monoisotopic (exact) mass is 752 g/mol. The van der Waals surface area contributed by atoms with Crippen LogP contribution in [0.4, 0.5) is 11.4 Å². The molecule has 2 heterocycles. The average Bonchev–Trinajstić information content (AvgIpc) is 3.04. The minimum absolute atomic E-state index is 0. The molecule has 0 saturated carbocycles. The van der Waals surface area contributed by atoms with Crippen LogP contribution in [0.5, 0.6) is 0 Å². The summed E-state index contributed by atoms with van der Waals surface area (Å²) in [6, 6.07) is 27.9. The first kappa shape index (κ1) is 40.8. The zero-order valence-electron chi connectivity index (χ0n) is 25.0. The van der Waals surface area contributed by atoms with Gasteiger partial charge in [-0.25, -0.2) is 0 Å². The van der Waals surface area contributed by atoms with Gasteiger partial charge in [-0.2, -0.15) is 0 Å². The second kappa shape index (κ2) is 26.2. The quantitative estimate of drug-likeness (QED) is 0.101. The number of hydrogen-bond donors (Lipinski definition) is 0. The van der Waals surface area contributed by atoms with Crippen molar-refractivity contribution in [2.45, 2.75) is 52.6 Å². The number of nitrogens with zero attached hydrogens (tertiary/aromatic N) is 4. The summed E-state index contributed by atoms with van der Waals surface area (Å²) in [5, 5.41) is 0.